The van der Waals surface area contributed by atoms with Crippen LogP contribution in [0, 0.1) is 11.7 Å². The lowest BCUT2D eigenvalue weighted by Crippen LogP contribution is -2.34. The van der Waals surface area contributed by atoms with E-state index in [-0.39, 0.29) is 31.3 Å². The van der Waals surface area contributed by atoms with E-state index in [2.05, 4.69) is 5.32 Å². The molecule has 146 valence electrons. The molecule has 1 aliphatic rings. The number of rotatable bonds is 8. The average molecular weight is 392 g/mol. The molecule has 0 aromatic heterocycles. The molecule has 1 N–H and O–H groups in total. The smallest absolute Gasteiger partial charge is 0.197 e. The standard InChI is InChI=1S/C22H23ClFNO2.2H2/c1-13(12-14(2)26)25-21(15-8-9-15)17-10-11-18(23)19(20(17)24)22(27)16-6-4-3-5-7-16;;/h3-7,10-11,13,15,21,25H,8-9,12H2,1-2H3;2*1H/t13-,21-;;/m1../s1. The predicted molar refractivity (Wildman–Crippen MR) is 109 cm³/mol. The third-order valence-electron chi connectivity index (χ3n) is 4.87. The molecule has 0 unspecified atom stereocenters. The molecule has 2 atom stereocenters. The fraction of sp³-hybridized carbons (Fsp3) is 0.364. The van der Waals surface area contributed by atoms with Crippen LogP contribution < -0.4 is 5.32 Å². The number of nitrogens with one attached hydrogen (secondary N) is 1. The zero-order valence-corrected chi connectivity index (χ0v) is 16.2. The first kappa shape index (κ1) is 19.7. The molecule has 3 rings (SSSR count). The van der Waals surface area contributed by atoms with E-state index in [9.17, 15) is 9.59 Å². The second-order valence-electron chi connectivity index (χ2n) is 7.31. The van der Waals surface area contributed by atoms with Gasteiger partial charge in [-0.05, 0) is 38.7 Å². The van der Waals surface area contributed by atoms with Crippen LogP contribution in [0.2, 0.25) is 5.02 Å². The van der Waals surface area contributed by atoms with Crippen LogP contribution in [-0.2, 0) is 4.79 Å². The van der Waals surface area contributed by atoms with Crippen LogP contribution in [0.1, 0.15) is 63.5 Å². The molecule has 0 amide bonds. The zero-order chi connectivity index (χ0) is 19.6. The molecule has 1 saturated carbocycles. The number of Topliss-reactive ketones (excluding diaryl/α,β-unsaturated/α-hetero) is 1. The molecule has 1 fully saturated rings. The second kappa shape index (κ2) is 8.32. The highest BCUT2D eigenvalue weighted by atomic mass is 35.5. The summed E-state index contributed by atoms with van der Waals surface area (Å²) < 4.78 is 15.4. The molecule has 27 heavy (non-hydrogen) atoms. The van der Waals surface area contributed by atoms with Gasteiger partial charge in [-0.3, -0.25) is 9.59 Å². The zero-order valence-electron chi connectivity index (χ0n) is 15.5. The number of ketones is 2. The fourth-order valence-electron chi connectivity index (χ4n) is 3.46. The maximum Gasteiger partial charge on any atom is 0.197 e. The van der Waals surface area contributed by atoms with Crippen molar-refractivity contribution in [2.45, 2.75) is 45.2 Å². The third kappa shape index (κ3) is 4.63. The Morgan fingerprint density at radius 1 is 1.22 bits per heavy atom. The van der Waals surface area contributed by atoms with E-state index in [1.165, 1.54) is 0 Å². The Hall–Kier alpha value is -2.04. The summed E-state index contributed by atoms with van der Waals surface area (Å²) in [5, 5.41) is 3.49. The Labute approximate surface area is 166 Å². The first-order chi connectivity index (χ1) is 12.9. The van der Waals surface area contributed by atoms with Crippen molar-refractivity contribution >= 4 is 23.2 Å². The Kier molecular flexibility index (Phi) is 6.08. The highest BCUT2D eigenvalue weighted by Gasteiger charge is 2.36. The van der Waals surface area contributed by atoms with E-state index in [0.717, 1.165) is 12.8 Å². The van der Waals surface area contributed by atoms with Crippen molar-refractivity contribution in [2.75, 3.05) is 0 Å². The number of carbonyl (C=O) groups is 2. The monoisotopic (exact) mass is 391 g/mol. The van der Waals surface area contributed by atoms with Gasteiger partial charge >= 0.3 is 0 Å². The lowest BCUT2D eigenvalue weighted by molar-refractivity contribution is -0.117. The first-order valence-corrected chi connectivity index (χ1v) is 9.59. The van der Waals surface area contributed by atoms with Crippen molar-refractivity contribution in [1.29, 1.82) is 0 Å². The molecular formula is C22H27ClFNO2. The minimum absolute atomic E-state index is 0. The van der Waals surface area contributed by atoms with Gasteiger partial charge in [-0.15, -0.1) is 0 Å². The van der Waals surface area contributed by atoms with Gasteiger partial charge in [0.2, 0.25) is 0 Å². The molecule has 0 bridgehead atoms. The lowest BCUT2D eigenvalue weighted by atomic mass is 9.94. The van der Waals surface area contributed by atoms with Crippen LogP contribution in [0.15, 0.2) is 42.5 Å². The maximum absolute atomic E-state index is 15.4. The highest BCUT2D eigenvalue weighted by Crippen LogP contribution is 2.43. The first-order valence-electron chi connectivity index (χ1n) is 9.21. The third-order valence-corrected chi connectivity index (χ3v) is 5.19. The number of benzene rings is 2. The highest BCUT2D eigenvalue weighted by molar-refractivity contribution is 6.35. The number of hydrogen-bond donors (Lipinski definition) is 1. The van der Waals surface area contributed by atoms with Gasteiger partial charge in [-0.25, -0.2) is 4.39 Å². The molecule has 3 nitrogen and oxygen atoms in total. The van der Waals surface area contributed by atoms with Crippen molar-refractivity contribution in [3.8, 4) is 0 Å². The Balaban J connectivity index is 0.00000210. The maximum atomic E-state index is 15.4. The molecule has 0 saturated heterocycles. The largest absolute Gasteiger partial charge is 0.307 e. The van der Waals surface area contributed by atoms with Crippen LogP contribution in [0.5, 0.6) is 0 Å². The quantitative estimate of drug-likeness (QED) is 0.595. The van der Waals surface area contributed by atoms with Crippen molar-refractivity contribution < 1.29 is 16.8 Å². The topological polar surface area (TPSA) is 46.2 Å². The molecule has 2 aromatic carbocycles. The van der Waals surface area contributed by atoms with Gasteiger partial charge in [0, 0.05) is 32.5 Å². The Bertz CT molecular complexity index is 859. The molecular weight excluding hydrogens is 365 g/mol. The summed E-state index contributed by atoms with van der Waals surface area (Å²) in [4.78, 5) is 24.2. The second-order valence-corrected chi connectivity index (χ2v) is 7.72. The molecule has 5 heteroatoms. The van der Waals surface area contributed by atoms with Crippen LogP contribution in [0.25, 0.3) is 0 Å². The van der Waals surface area contributed by atoms with E-state index in [0.29, 0.717) is 23.5 Å². The van der Waals surface area contributed by atoms with Crippen molar-refractivity contribution in [3.05, 3.63) is 70.0 Å². The van der Waals surface area contributed by atoms with Crippen LogP contribution in [0.4, 0.5) is 4.39 Å². The van der Waals surface area contributed by atoms with E-state index >= 15 is 4.39 Å². The van der Waals surface area contributed by atoms with Gasteiger partial charge in [-0.2, -0.15) is 0 Å². The molecule has 0 heterocycles. The van der Waals surface area contributed by atoms with E-state index in [4.69, 9.17) is 11.6 Å². The summed E-state index contributed by atoms with van der Waals surface area (Å²) in [5.41, 5.74) is 0.750. The van der Waals surface area contributed by atoms with Gasteiger partial charge in [0.15, 0.2) is 5.78 Å². The van der Waals surface area contributed by atoms with Crippen LogP contribution in [-0.4, -0.2) is 17.6 Å². The Morgan fingerprint density at radius 2 is 1.89 bits per heavy atom. The predicted octanol–water partition coefficient (Wildman–Crippen LogP) is 5.61. The van der Waals surface area contributed by atoms with Gasteiger partial charge in [-0.1, -0.05) is 48.0 Å². The summed E-state index contributed by atoms with van der Waals surface area (Å²) in [6.45, 7) is 3.46. The summed E-state index contributed by atoms with van der Waals surface area (Å²) in [6.07, 6.45) is 2.37. The van der Waals surface area contributed by atoms with E-state index in [1.54, 1.807) is 49.4 Å². The minimum Gasteiger partial charge on any atom is -0.307 e. The molecule has 1 aliphatic carbocycles. The Morgan fingerprint density at radius 3 is 2.48 bits per heavy atom. The van der Waals surface area contributed by atoms with Crippen molar-refractivity contribution in [3.63, 3.8) is 0 Å². The summed E-state index contributed by atoms with van der Waals surface area (Å²) in [5.74, 6) is -0.613. The number of hydrogen-bond acceptors (Lipinski definition) is 3. The molecule has 0 radical (unpaired) electrons. The van der Waals surface area contributed by atoms with E-state index in [1.807, 2.05) is 6.92 Å². The lowest BCUT2D eigenvalue weighted by Gasteiger charge is -2.24. The van der Waals surface area contributed by atoms with Gasteiger partial charge in [0.1, 0.15) is 11.6 Å². The van der Waals surface area contributed by atoms with Gasteiger partial charge < -0.3 is 5.32 Å². The summed E-state index contributed by atoms with van der Waals surface area (Å²) in [7, 11) is 0. The average Bonchev–Trinajstić information content (AvgIpc) is 3.45. The van der Waals surface area contributed by atoms with Crippen molar-refractivity contribution in [1.82, 2.24) is 5.32 Å². The summed E-state index contributed by atoms with van der Waals surface area (Å²) in [6, 6.07) is 11.5. The molecule has 0 aliphatic heterocycles. The number of carbonyl (C=O) groups excluding carboxylic acids is 2. The van der Waals surface area contributed by atoms with Gasteiger partial charge in [0.05, 0.1) is 10.6 Å². The number of halogens is 2. The fourth-order valence-corrected chi connectivity index (χ4v) is 3.69. The van der Waals surface area contributed by atoms with E-state index < -0.39 is 11.6 Å². The van der Waals surface area contributed by atoms with Crippen LogP contribution >= 0.6 is 11.6 Å². The minimum atomic E-state index is -0.573. The molecule has 2 aromatic rings. The SMILES string of the molecule is CC(=O)C[C@@H](C)N[C@@H](c1ccc(Cl)c(C(=O)c2ccccc2)c1F)C1CC1.[HH].[HH]. The summed E-state index contributed by atoms with van der Waals surface area (Å²) >= 11 is 6.19. The van der Waals surface area contributed by atoms with Crippen molar-refractivity contribution in [2.24, 2.45) is 5.92 Å². The van der Waals surface area contributed by atoms with Crippen LogP contribution in [0.3, 0.4) is 0 Å². The molecule has 0 spiro atoms. The normalized spacial score (nSPS) is 16.0. The van der Waals surface area contributed by atoms with Gasteiger partial charge in [0.25, 0.3) is 0 Å².